The van der Waals surface area contributed by atoms with Gasteiger partial charge in [0.05, 0.1) is 12.9 Å². The fourth-order valence-corrected chi connectivity index (χ4v) is 3.28. The number of hydrogen-bond acceptors (Lipinski definition) is 6. The zero-order valence-corrected chi connectivity index (χ0v) is 15.8. The number of hydrogen-bond donors (Lipinski definition) is 0. The van der Waals surface area contributed by atoms with Crippen LogP contribution in [-0.2, 0) is 16.1 Å². The first-order valence-electron chi connectivity index (χ1n) is 8.23. The van der Waals surface area contributed by atoms with Crippen LogP contribution < -0.4 is 4.90 Å². The molecule has 1 aromatic carbocycles. The van der Waals surface area contributed by atoms with Crippen LogP contribution >= 0.6 is 11.8 Å². The number of benzene rings is 1. The smallest absolute Gasteiger partial charge is 0.316 e. The fourth-order valence-electron chi connectivity index (χ4n) is 2.50. The van der Waals surface area contributed by atoms with Gasteiger partial charge in [0.2, 0.25) is 0 Å². The zero-order chi connectivity index (χ0) is 18.2. The molecule has 0 saturated heterocycles. The Balaban J connectivity index is 2.27. The third kappa shape index (κ3) is 4.63. The highest BCUT2D eigenvalue weighted by Gasteiger charge is 2.15. The molecule has 6 nitrogen and oxygen atoms in total. The Labute approximate surface area is 152 Å². The summed E-state index contributed by atoms with van der Waals surface area (Å²) in [6.45, 7) is 10.6. The normalized spacial score (nSPS) is 10.5. The molecule has 0 aliphatic heterocycles. The van der Waals surface area contributed by atoms with Gasteiger partial charge in [0.25, 0.3) is 0 Å². The lowest BCUT2D eigenvalue weighted by molar-refractivity contribution is -0.137. The van der Waals surface area contributed by atoms with Crippen molar-refractivity contribution in [2.45, 2.75) is 25.5 Å². The Morgan fingerprint density at radius 3 is 2.52 bits per heavy atom. The molecule has 0 spiro atoms. The van der Waals surface area contributed by atoms with Crippen LogP contribution in [0.2, 0.25) is 0 Å². The largest absolute Gasteiger partial charge is 0.468 e. The minimum Gasteiger partial charge on any atom is -0.468 e. The predicted molar refractivity (Wildman–Crippen MR) is 102 cm³/mol. The molecule has 0 radical (unpaired) electrons. The van der Waals surface area contributed by atoms with Crippen molar-refractivity contribution in [1.82, 2.24) is 14.8 Å². The van der Waals surface area contributed by atoms with E-state index in [0.717, 1.165) is 24.5 Å². The third-order valence-electron chi connectivity index (χ3n) is 3.83. The van der Waals surface area contributed by atoms with Crippen molar-refractivity contribution >= 4 is 23.4 Å². The van der Waals surface area contributed by atoms with E-state index < -0.39 is 0 Å². The number of anilines is 1. The maximum atomic E-state index is 11.4. The van der Waals surface area contributed by atoms with Crippen LogP contribution in [0.5, 0.6) is 0 Å². The van der Waals surface area contributed by atoms with E-state index in [1.54, 1.807) is 6.08 Å². The van der Waals surface area contributed by atoms with Crippen molar-refractivity contribution in [3.05, 3.63) is 36.9 Å². The van der Waals surface area contributed by atoms with Crippen molar-refractivity contribution in [2.75, 3.05) is 30.9 Å². The molecule has 134 valence electrons. The van der Waals surface area contributed by atoms with Gasteiger partial charge in [-0.15, -0.1) is 16.8 Å². The molecule has 0 aliphatic carbocycles. The average molecular weight is 360 g/mol. The van der Waals surface area contributed by atoms with Crippen LogP contribution in [0.15, 0.2) is 42.1 Å². The quantitative estimate of drug-likeness (QED) is 0.389. The standard InChI is InChI=1S/C18H24N4O2S/c1-5-12-22-17(19-20-18(22)25-13-16(23)24-4)14-8-10-15(11-9-14)21(6-2)7-3/h5,8-11H,1,6-7,12-13H2,2-4H3. The number of allylic oxidation sites excluding steroid dienone is 1. The number of carbonyl (C=O) groups excluding carboxylic acids is 1. The first-order valence-corrected chi connectivity index (χ1v) is 9.22. The number of esters is 1. The molecule has 0 atom stereocenters. The van der Waals surface area contributed by atoms with Crippen LogP contribution in [0.1, 0.15) is 13.8 Å². The van der Waals surface area contributed by atoms with Crippen LogP contribution in [0, 0.1) is 0 Å². The third-order valence-corrected chi connectivity index (χ3v) is 4.77. The molecule has 0 unspecified atom stereocenters. The topological polar surface area (TPSA) is 60.3 Å². The summed E-state index contributed by atoms with van der Waals surface area (Å²) < 4.78 is 6.63. The van der Waals surface area contributed by atoms with E-state index >= 15 is 0 Å². The second-order valence-corrected chi connectivity index (χ2v) is 6.23. The summed E-state index contributed by atoms with van der Waals surface area (Å²) in [5.41, 5.74) is 2.17. The van der Waals surface area contributed by atoms with E-state index in [9.17, 15) is 4.79 Å². The number of thioether (sulfide) groups is 1. The van der Waals surface area contributed by atoms with Crippen LogP contribution in [-0.4, -0.2) is 46.7 Å². The molecule has 25 heavy (non-hydrogen) atoms. The van der Waals surface area contributed by atoms with Gasteiger partial charge in [-0.05, 0) is 38.1 Å². The molecule has 7 heteroatoms. The molecule has 0 bridgehead atoms. The molecule has 1 aromatic heterocycles. The minimum absolute atomic E-state index is 0.201. The second kappa shape index (κ2) is 9.27. The number of ether oxygens (including phenoxy) is 1. The van der Waals surface area contributed by atoms with E-state index in [1.165, 1.54) is 24.6 Å². The van der Waals surface area contributed by atoms with Gasteiger partial charge >= 0.3 is 5.97 Å². The summed E-state index contributed by atoms with van der Waals surface area (Å²) in [5, 5.41) is 9.19. The van der Waals surface area contributed by atoms with Gasteiger partial charge in [-0.2, -0.15) is 0 Å². The van der Waals surface area contributed by atoms with Crippen LogP contribution in [0.25, 0.3) is 11.4 Å². The van der Waals surface area contributed by atoms with Gasteiger partial charge in [0.1, 0.15) is 0 Å². The molecule has 1 heterocycles. The lowest BCUT2D eigenvalue weighted by Crippen LogP contribution is -2.21. The van der Waals surface area contributed by atoms with Crippen molar-refractivity contribution in [3.63, 3.8) is 0 Å². The van der Waals surface area contributed by atoms with Crippen molar-refractivity contribution in [1.29, 1.82) is 0 Å². The molecule has 0 saturated carbocycles. The van der Waals surface area contributed by atoms with Crippen LogP contribution in [0.4, 0.5) is 5.69 Å². The molecule has 2 rings (SSSR count). The molecule has 0 aliphatic rings. The first kappa shape index (κ1) is 19.1. The number of nitrogens with zero attached hydrogens (tertiary/aromatic N) is 4. The Morgan fingerprint density at radius 2 is 1.96 bits per heavy atom. The summed E-state index contributed by atoms with van der Waals surface area (Å²) in [4.78, 5) is 13.7. The van der Waals surface area contributed by atoms with Gasteiger partial charge in [-0.1, -0.05) is 17.8 Å². The van der Waals surface area contributed by atoms with Crippen molar-refractivity contribution in [3.8, 4) is 11.4 Å². The maximum Gasteiger partial charge on any atom is 0.316 e. The highest BCUT2D eigenvalue weighted by atomic mass is 32.2. The van der Waals surface area contributed by atoms with Gasteiger partial charge in [-0.25, -0.2) is 0 Å². The van der Waals surface area contributed by atoms with Crippen molar-refractivity contribution < 1.29 is 9.53 Å². The second-order valence-electron chi connectivity index (χ2n) is 5.29. The molecule has 0 N–H and O–H groups in total. The van der Waals surface area contributed by atoms with E-state index in [4.69, 9.17) is 0 Å². The highest BCUT2D eigenvalue weighted by Crippen LogP contribution is 2.26. The molecule has 2 aromatic rings. The van der Waals surface area contributed by atoms with E-state index in [0.29, 0.717) is 11.7 Å². The van der Waals surface area contributed by atoms with E-state index in [-0.39, 0.29) is 11.7 Å². The molecular weight excluding hydrogens is 336 g/mol. The van der Waals surface area contributed by atoms with Gasteiger partial charge < -0.3 is 9.64 Å². The Hall–Kier alpha value is -2.28. The van der Waals surface area contributed by atoms with E-state index in [2.05, 4.69) is 52.4 Å². The van der Waals surface area contributed by atoms with Gasteiger partial charge in [0.15, 0.2) is 11.0 Å². The summed E-state index contributed by atoms with van der Waals surface area (Å²) in [6, 6.07) is 8.28. The lowest BCUT2D eigenvalue weighted by Gasteiger charge is -2.21. The summed E-state index contributed by atoms with van der Waals surface area (Å²) in [6.07, 6.45) is 1.79. The predicted octanol–water partition coefficient (Wildman–Crippen LogP) is 3.24. The summed E-state index contributed by atoms with van der Waals surface area (Å²) in [7, 11) is 1.38. The highest BCUT2D eigenvalue weighted by molar-refractivity contribution is 7.99. The average Bonchev–Trinajstić information content (AvgIpc) is 3.04. The Kier molecular flexibility index (Phi) is 7.06. The zero-order valence-electron chi connectivity index (χ0n) is 14.9. The Morgan fingerprint density at radius 1 is 1.28 bits per heavy atom. The van der Waals surface area contributed by atoms with E-state index in [1.807, 2.05) is 16.7 Å². The molecular formula is C18H24N4O2S. The SMILES string of the molecule is C=CCn1c(SCC(=O)OC)nnc1-c1ccc(N(CC)CC)cc1. The maximum absolute atomic E-state index is 11.4. The molecule has 0 fully saturated rings. The van der Waals surface area contributed by atoms with Gasteiger partial charge in [0, 0.05) is 30.9 Å². The minimum atomic E-state index is -0.289. The van der Waals surface area contributed by atoms with Crippen molar-refractivity contribution in [2.24, 2.45) is 0 Å². The Bertz CT molecular complexity index is 708. The summed E-state index contributed by atoms with van der Waals surface area (Å²) in [5.74, 6) is 0.675. The molecule has 0 amide bonds. The van der Waals surface area contributed by atoms with Gasteiger partial charge in [-0.3, -0.25) is 9.36 Å². The number of rotatable bonds is 9. The monoisotopic (exact) mass is 360 g/mol. The number of aromatic nitrogens is 3. The fraction of sp³-hybridized carbons (Fsp3) is 0.389. The summed E-state index contributed by atoms with van der Waals surface area (Å²) >= 11 is 1.31. The number of methoxy groups -OCH3 is 1. The first-order chi connectivity index (χ1) is 12.1. The number of carbonyl (C=O) groups is 1. The van der Waals surface area contributed by atoms with Crippen LogP contribution in [0.3, 0.4) is 0 Å². The lowest BCUT2D eigenvalue weighted by atomic mass is 10.2.